The summed E-state index contributed by atoms with van der Waals surface area (Å²) in [5.41, 5.74) is 0.761. The summed E-state index contributed by atoms with van der Waals surface area (Å²) in [5, 5.41) is 2.91. The molecule has 1 atom stereocenters. The Morgan fingerprint density at radius 3 is 2.20 bits per heavy atom. The highest BCUT2D eigenvalue weighted by Gasteiger charge is 2.21. The third kappa shape index (κ3) is 3.07. The van der Waals surface area contributed by atoms with E-state index in [4.69, 9.17) is 0 Å². The van der Waals surface area contributed by atoms with Crippen molar-refractivity contribution in [1.82, 2.24) is 5.32 Å². The predicted molar refractivity (Wildman–Crippen MR) is 79.1 cm³/mol. The molecule has 0 aromatic heterocycles. The number of rotatable bonds is 3. The highest BCUT2D eigenvalue weighted by Crippen LogP contribution is 2.32. The molecule has 0 saturated carbocycles. The van der Waals surface area contributed by atoms with Gasteiger partial charge in [-0.15, -0.1) is 0 Å². The lowest BCUT2D eigenvalue weighted by atomic mass is 9.98. The second-order valence-electron chi connectivity index (χ2n) is 4.18. The maximum absolute atomic E-state index is 13.9. The number of hydrogen-bond acceptors (Lipinski definition) is 1. The molecule has 0 fully saturated rings. The molecular weight excluding hydrogens is 399 g/mol. The van der Waals surface area contributed by atoms with Crippen LogP contribution >= 0.6 is 31.9 Å². The Balaban J connectivity index is 2.58. The van der Waals surface area contributed by atoms with Gasteiger partial charge in [0.1, 0.15) is 5.82 Å². The Kier molecular flexibility index (Phi) is 4.88. The molecule has 0 spiro atoms. The molecule has 2 aromatic carbocycles. The van der Waals surface area contributed by atoms with Gasteiger partial charge >= 0.3 is 0 Å². The Morgan fingerprint density at radius 1 is 0.900 bits per heavy atom. The fourth-order valence-corrected chi connectivity index (χ4v) is 2.83. The monoisotopic (exact) mass is 407 g/mol. The number of nitrogens with one attached hydrogen (secondary N) is 1. The van der Waals surface area contributed by atoms with Crippen molar-refractivity contribution in [2.75, 3.05) is 7.05 Å². The molecule has 6 heteroatoms. The van der Waals surface area contributed by atoms with Crippen LogP contribution < -0.4 is 5.32 Å². The average Bonchev–Trinajstić information content (AvgIpc) is 2.40. The molecule has 2 rings (SSSR count). The molecule has 0 saturated heterocycles. The predicted octanol–water partition coefficient (Wildman–Crippen LogP) is 4.94. The molecule has 0 aliphatic carbocycles. The van der Waals surface area contributed by atoms with Crippen LogP contribution in [-0.2, 0) is 0 Å². The fourth-order valence-electron chi connectivity index (χ4n) is 1.97. The first-order valence-electron chi connectivity index (χ1n) is 5.70. The third-order valence-electron chi connectivity index (χ3n) is 2.91. The second kappa shape index (κ2) is 6.28. The molecule has 1 N–H and O–H groups in total. The van der Waals surface area contributed by atoms with Gasteiger partial charge in [0.15, 0.2) is 11.6 Å². The molecule has 0 aliphatic rings. The van der Waals surface area contributed by atoms with Gasteiger partial charge in [-0.1, -0.05) is 31.9 Å². The Morgan fingerprint density at radius 2 is 1.55 bits per heavy atom. The lowest BCUT2D eigenvalue weighted by molar-refractivity contribution is 0.483. The van der Waals surface area contributed by atoms with Crippen LogP contribution in [0.4, 0.5) is 13.2 Å². The molecular formula is C14H10Br2F3N. The molecule has 0 aliphatic heterocycles. The van der Waals surface area contributed by atoms with Gasteiger partial charge in [0.2, 0.25) is 0 Å². The topological polar surface area (TPSA) is 12.0 Å². The summed E-state index contributed by atoms with van der Waals surface area (Å²) >= 11 is 6.71. The zero-order chi connectivity index (χ0) is 14.9. The second-order valence-corrected chi connectivity index (χ2v) is 5.95. The first kappa shape index (κ1) is 15.5. The van der Waals surface area contributed by atoms with Crippen LogP contribution in [0, 0.1) is 17.5 Å². The van der Waals surface area contributed by atoms with E-state index in [1.54, 1.807) is 19.2 Å². The standard InChI is InChI=1S/C14H10Br2F3N/c1-20-14(8-4-7(15)2-3-10(8)16)9-5-12(18)13(19)6-11(9)17/h2-6,14,20H,1H3. The molecule has 106 valence electrons. The van der Waals surface area contributed by atoms with E-state index in [1.807, 2.05) is 6.07 Å². The van der Waals surface area contributed by atoms with Gasteiger partial charge in [-0.3, -0.25) is 0 Å². The first-order valence-corrected chi connectivity index (χ1v) is 7.29. The highest BCUT2D eigenvalue weighted by atomic mass is 79.9. The Bertz CT molecular complexity index is 647. The minimum absolute atomic E-state index is 0.0465. The van der Waals surface area contributed by atoms with E-state index in [2.05, 4.69) is 37.2 Å². The van der Waals surface area contributed by atoms with Gasteiger partial charge in [-0.2, -0.15) is 0 Å². The largest absolute Gasteiger partial charge is 0.309 e. The van der Waals surface area contributed by atoms with Crippen molar-refractivity contribution in [3.63, 3.8) is 0 Å². The van der Waals surface area contributed by atoms with E-state index >= 15 is 0 Å². The number of benzene rings is 2. The maximum atomic E-state index is 13.9. The summed E-state index contributed by atoms with van der Waals surface area (Å²) < 4.78 is 41.8. The van der Waals surface area contributed by atoms with Gasteiger partial charge in [0.05, 0.1) is 6.04 Å². The lowest BCUT2D eigenvalue weighted by Crippen LogP contribution is -2.20. The summed E-state index contributed by atoms with van der Waals surface area (Å²) in [6.45, 7) is 0. The van der Waals surface area contributed by atoms with Crippen molar-refractivity contribution in [3.8, 4) is 0 Å². The summed E-state index contributed by atoms with van der Waals surface area (Å²) in [6.07, 6.45) is 0. The van der Waals surface area contributed by atoms with Gasteiger partial charge in [-0.25, -0.2) is 13.2 Å². The van der Waals surface area contributed by atoms with E-state index < -0.39 is 23.5 Å². The zero-order valence-corrected chi connectivity index (χ0v) is 13.5. The van der Waals surface area contributed by atoms with Crippen LogP contribution in [-0.4, -0.2) is 7.05 Å². The van der Waals surface area contributed by atoms with Crippen molar-refractivity contribution in [1.29, 1.82) is 0 Å². The van der Waals surface area contributed by atoms with Crippen LogP contribution in [0.1, 0.15) is 17.2 Å². The number of halogens is 5. The quantitative estimate of drug-likeness (QED) is 0.709. The minimum Gasteiger partial charge on any atom is -0.309 e. The summed E-state index contributed by atoms with van der Waals surface area (Å²) in [4.78, 5) is 0. The van der Waals surface area contributed by atoms with Gasteiger partial charge in [-0.05, 0) is 36.9 Å². The van der Waals surface area contributed by atoms with Crippen LogP contribution in [0.25, 0.3) is 0 Å². The SMILES string of the molecule is CNC(c1cc(F)c(F)cc1F)c1cc(Br)ccc1Br. The van der Waals surface area contributed by atoms with Crippen molar-refractivity contribution in [2.45, 2.75) is 6.04 Å². The van der Waals surface area contributed by atoms with Gasteiger partial charge in [0.25, 0.3) is 0 Å². The van der Waals surface area contributed by atoms with E-state index in [-0.39, 0.29) is 5.56 Å². The third-order valence-corrected chi connectivity index (χ3v) is 4.12. The average molecular weight is 409 g/mol. The fraction of sp³-hybridized carbons (Fsp3) is 0.143. The van der Waals surface area contributed by atoms with Gasteiger partial charge < -0.3 is 5.32 Å². The molecule has 0 heterocycles. The Hall–Kier alpha value is -0.850. The first-order chi connectivity index (χ1) is 9.43. The van der Waals surface area contributed by atoms with Crippen LogP contribution in [0.3, 0.4) is 0 Å². The highest BCUT2D eigenvalue weighted by molar-refractivity contribution is 9.11. The zero-order valence-electron chi connectivity index (χ0n) is 10.4. The normalized spacial score (nSPS) is 12.5. The van der Waals surface area contributed by atoms with Crippen LogP contribution in [0.2, 0.25) is 0 Å². The molecule has 0 amide bonds. The molecule has 0 bridgehead atoms. The molecule has 20 heavy (non-hydrogen) atoms. The van der Waals surface area contributed by atoms with Crippen LogP contribution in [0.5, 0.6) is 0 Å². The smallest absolute Gasteiger partial charge is 0.161 e. The van der Waals surface area contributed by atoms with Crippen molar-refractivity contribution >= 4 is 31.9 Å². The van der Waals surface area contributed by atoms with E-state index in [1.165, 1.54) is 0 Å². The summed E-state index contributed by atoms with van der Waals surface area (Å²) in [6, 6.07) is 6.23. The summed E-state index contributed by atoms with van der Waals surface area (Å²) in [5.74, 6) is -3.07. The van der Waals surface area contributed by atoms with E-state index in [0.717, 1.165) is 15.0 Å². The Labute approximate surface area is 131 Å². The summed E-state index contributed by atoms with van der Waals surface area (Å²) in [7, 11) is 1.62. The minimum atomic E-state index is -1.20. The maximum Gasteiger partial charge on any atom is 0.161 e. The van der Waals surface area contributed by atoms with E-state index in [0.29, 0.717) is 11.6 Å². The lowest BCUT2D eigenvalue weighted by Gasteiger charge is -2.20. The van der Waals surface area contributed by atoms with Gasteiger partial charge in [0, 0.05) is 20.6 Å². The molecule has 0 radical (unpaired) electrons. The van der Waals surface area contributed by atoms with Crippen molar-refractivity contribution < 1.29 is 13.2 Å². The number of hydrogen-bond donors (Lipinski definition) is 1. The van der Waals surface area contributed by atoms with E-state index in [9.17, 15) is 13.2 Å². The van der Waals surface area contributed by atoms with Crippen molar-refractivity contribution in [2.24, 2.45) is 0 Å². The van der Waals surface area contributed by atoms with Crippen molar-refractivity contribution in [3.05, 3.63) is 67.9 Å². The molecule has 1 unspecified atom stereocenters. The molecule has 2 aromatic rings. The molecule has 1 nitrogen and oxygen atoms in total. The van der Waals surface area contributed by atoms with Crippen LogP contribution in [0.15, 0.2) is 39.3 Å².